The lowest BCUT2D eigenvalue weighted by Gasteiger charge is -2.31. The number of H-pyrrole nitrogens is 1. The molecule has 2 aromatic heterocycles. The number of nitrogens with one attached hydrogen (secondary N) is 5. The third-order valence-corrected chi connectivity index (χ3v) is 11.8. The minimum absolute atomic E-state index is 0.0493. The first-order valence-corrected chi connectivity index (χ1v) is 20.3. The molecule has 16 heteroatoms. The highest BCUT2D eigenvalue weighted by molar-refractivity contribution is 5.93. The Labute approximate surface area is 336 Å². The number of carbonyl (C=O) groups is 4. The molecule has 2 aliphatic heterocycles. The van der Waals surface area contributed by atoms with Crippen molar-refractivity contribution >= 4 is 45.6 Å². The van der Waals surface area contributed by atoms with Crippen molar-refractivity contribution in [1.29, 1.82) is 0 Å². The van der Waals surface area contributed by atoms with Gasteiger partial charge in [-0.2, -0.15) is 0 Å². The van der Waals surface area contributed by atoms with E-state index in [0.717, 1.165) is 6.42 Å². The highest BCUT2D eigenvalue weighted by Crippen LogP contribution is 2.37. The van der Waals surface area contributed by atoms with Crippen LogP contribution in [0, 0.1) is 17.6 Å². The number of carbonyl (C=O) groups excluding carboxylic acids is 4. The number of imidazole rings is 1. The maximum atomic E-state index is 15.4. The molecular weight excluding hydrogens is 752 g/mol. The smallest absolute Gasteiger partial charge is 0.245 e. The molecule has 5 N–H and O–H groups in total. The molecule has 7 unspecified atom stereocenters. The number of nitrogens with zero attached hydrogens (tertiary/aromatic N) is 4. The number of halogens is 3. The minimum atomic E-state index is -1.31. The van der Waals surface area contributed by atoms with Crippen LogP contribution in [0.1, 0.15) is 65.9 Å². The predicted octanol–water partition coefficient (Wildman–Crippen LogP) is 4.19. The van der Waals surface area contributed by atoms with E-state index in [1.807, 2.05) is 25.3 Å². The van der Waals surface area contributed by atoms with E-state index in [9.17, 15) is 28.0 Å². The molecule has 2 saturated heterocycles. The van der Waals surface area contributed by atoms with Gasteiger partial charge in [0.2, 0.25) is 23.6 Å². The molecule has 314 valence electrons. The molecule has 6 rings (SSSR count). The van der Waals surface area contributed by atoms with Crippen molar-refractivity contribution in [2.24, 2.45) is 5.92 Å². The second kappa shape index (κ2) is 17.9. The summed E-state index contributed by atoms with van der Waals surface area (Å²) in [6.07, 6.45) is 0.726. The minimum Gasteiger partial charge on any atom is -0.352 e. The Morgan fingerprint density at radius 2 is 1.57 bits per heavy atom. The summed E-state index contributed by atoms with van der Waals surface area (Å²) in [5.41, 5.74) is 2.62. The third kappa shape index (κ3) is 8.72. The van der Waals surface area contributed by atoms with Gasteiger partial charge in [0.05, 0.1) is 35.4 Å². The maximum Gasteiger partial charge on any atom is 0.245 e. The molecule has 4 aromatic rings. The lowest BCUT2D eigenvalue weighted by molar-refractivity contribution is -0.138. The van der Waals surface area contributed by atoms with Gasteiger partial charge in [-0.3, -0.25) is 19.2 Å². The average molecular weight is 808 g/mol. The van der Waals surface area contributed by atoms with Crippen molar-refractivity contribution in [2.45, 2.75) is 116 Å². The summed E-state index contributed by atoms with van der Waals surface area (Å²) in [6.45, 7) is 9.54. The van der Waals surface area contributed by atoms with Crippen LogP contribution in [0.15, 0.2) is 36.4 Å². The lowest BCUT2D eigenvalue weighted by Crippen LogP contribution is -2.55. The molecular formula is C42H56F3N9O4. The number of rotatable bonds is 15. The Kier molecular flexibility index (Phi) is 13.2. The fourth-order valence-corrected chi connectivity index (χ4v) is 8.26. The van der Waals surface area contributed by atoms with Crippen LogP contribution < -0.4 is 21.3 Å². The van der Waals surface area contributed by atoms with Crippen LogP contribution in [0.4, 0.5) is 13.2 Å². The van der Waals surface area contributed by atoms with Gasteiger partial charge in [0, 0.05) is 48.6 Å². The standard InChI is InChI=1S/C42H56F3N9O4/c1-8-32(50-39(55)23(4)46-6)41(57)52-15-9-10-28(52)21-54-35-14-12-26(44)18-34(35)49-38(54)37-31(30-13-11-25(43)17-33(30)48-37)19-29-16-27(45)20-53(29)42(58)36(22(2)3)51-40(56)24(5)47-7/h11-14,17-18,22-24,27-29,32,36,46-48H,8-10,15-16,19-21H2,1-7H3,(H,50,55)(H,51,56). The monoisotopic (exact) mass is 807 g/mol. The van der Waals surface area contributed by atoms with Crippen molar-refractivity contribution in [1.82, 2.24) is 45.6 Å². The summed E-state index contributed by atoms with van der Waals surface area (Å²) in [4.78, 5) is 65.5. The van der Waals surface area contributed by atoms with Gasteiger partial charge in [-0.15, -0.1) is 0 Å². The summed E-state index contributed by atoms with van der Waals surface area (Å²) >= 11 is 0. The molecule has 0 bridgehead atoms. The Balaban J connectivity index is 1.39. The number of amides is 4. The number of aromatic amines is 1. The van der Waals surface area contributed by atoms with Gasteiger partial charge in [0.15, 0.2) is 5.82 Å². The van der Waals surface area contributed by atoms with Gasteiger partial charge in [-0.25, -0.2) is 18.2 Å². The SMILES string of the molecule is CCC(NC(=O)C(C)NC)C(=O)N1CCCC1Cn1c(-c2[nH]c3cc(F)ccc3c2CC2CC(F)CN2C(=O)C(NC(=O)C(C)NC)C(C)C)nc2cc(F)ccc21. The largest absolute Gasteiger partial charge is 0.352 e. The van der Waals surface area contributed by atoms with Crippen LogP contribution >= 0.6 is 0 Å². The molecule has 0 radical (unpaired) electrons. The van der Waals surface area contributed by atoms with Crippen LogP contribution in [0.25, 0.3) is 33.5 Å². The van der Waals surface area contributed by atoms with Gasteiger partial charge >= 0.3 is 0 Å². The molecule has 58 heavy (non-hydrogen) atoms. The highest BCUT2D eigenvalue weighted by atomic mass is 19.1. The second-order valence-corrected chi connectivity index (χ2v) is 16.1. The Hall–Kier alpha value is -4.96. The molecule has 0 aliphatic carbocycles. The first-order valence-electron chi connectivity index (χ1n) is 20.3. The maximum absolute atomic E-state index is 15.4. The first-order chi connectivity index (χ1) is 27.6. The molecule has 2 fully saturated rings. The first kappa shape index (κ1) is 42.6. The number of alkyl halides is 1. The zero-order valence-electron chi connectivity index (χ0n) is 34.3. The molecule has 0 spiro atoms. The molecule has 4 heterocycles. The summed E-state index contributed by atoms with van der Waals surface area (Å²) in [5, 5.41) is 12.2. The number of hydrogen-bond acceptors (Lipinski definition) is 7. The van der Waals surface area contributed by atoms with Crippen LogP contribution in [0.3, 0.4) is 0 Å². The quantitative estimate of drug-likeness (QED) is 0.121. The third-order valence-electron chi connectivity index (χ3n) is 11.8. The van der Waals surface area contributed by atoms with Gasteiger partial charge in [0.25, 0.3) is 0 Å². The van der Waals surface area contributed by atoms with Crippen LogP contribution in [-0.4, -0.2) is 118 Å². The highest BCUT2D eigenvalue weighted by Gasteiger charge is 2.41. The normalized spacial score (nSPS) is 20.5. The number of aromatic nitrogens is 3. The molecule has 13 nitrogen and oxygen atoms in total. The van der Waals surface area contributed by atoms with Gasteiger partial charge < -0.3 is 40.6 Å². The van der Waals surface area contributed by atoms with Gasteiger partial charge in [0.1, 0.15) is 29.9 Å². The van der Waals surface area contributed by atoms with Crippen LogP contribution in [0.5, 0.6) is 0 Å². The van der Waals surface area contributed by atoms with Crippen molar-refractivity contribution in [2.75, 3.05) is 27.2 Å². The lowest BCUT2D eigenvalue weighted by atomic mass is 9.98. The van der Waals surface area contributed by atoms with Gasteiger partial charge in [-0.1, -0.05) is 20.8 Å². The molecule has 0 saturated carbocycles. The molecule has 2 aromatic carbocycles. The molecule has 4 amide bonds. The van der Waals surface area contributed by atoms with E-state index in [1.165, 1.54) is 29.2 Å². The van der Waals surface area contributed by atoms with E-state index in [-0.39, 0.29) is 61.5 Å². The van der Waals surface area contributed by atoms with E-state index in [0.29, 0.717) is 58.4 Å². The topological polar surface area (TPSA) is 156 Å². The van der Waals surface area contributed by atoms with E-state index >= 15 is 4.39 Å². The number of benzene rings is 2. The fourth-order valence-electron chi connectivity index (χ4n) is 8.26. The number of likely N-dealkylation sites (tertiary alicyclic amines) is 2. The zero-order chi connectivity index (χ0) is 42.0. The van der Waals surface area contributed by atoms with E-state index in [1.54, 1.807) is 45.0 Å². The fraction of sp³-hybridized carbons (Fsp3) is 0.548. The number of likely N-dealkylation sites (N-methyl/N-ethyl adjacent to an activating group) is 2. The molecule has 2 aliphatic rings. The summed E-state index contributed by atoms with van der Waals surface area (Å²) < 4.78 is 46.9. The van der Waals surface area contributed by atoms with Crippen molar-refractivity contribution < 1.29 is 32.3 Å². The second-order valence-electron chi connectivity index (χ2n) is 16.1. The van der Waals surface area contributed by atoms with E-state index in [4.69, 9.17) is 4.98 Å². The van der Waals surface area contributed by atoms with E-state index < -0.39 is 48.0 Å². The number of fused-ring (bicyclic) bond motifs is 2. The van der Waals surface area contributed by atoms with Gasteiger partial charge in [-0.05, 0) is 95.4 Å². The summed E-state index contributed by atoms with van der Waals surface area (Å²) in [5.74, 6) is -2.03. The van der Waals surface area contributed by atoms with Crippen LogP contribution in [-0.2, 0) is 32.1 Å². The van der Waals surface area contributed by atoms with E-state index in [2.05, 4.69) is 26.3 Å². The Morgan fingerprint density at radius 1 is 0.897 bits per heavy atom. The average Bonchev–Trinajstić information content (AvgIpc) is 3.98. The Bertz CT molecular complexity index is 2150. The van der Waals surface area contributed by atoms with Crippen LogP contribution in [0.2, 0.25) is 0 Å². The summed E-state index contributed by atoms with van der Waals surface area (Å²) in [6, 6.07) is 5.11. The predicted molar refractivity (Wildman–Crippen MR) is 216 cm³/mol. The Morgan fingerprint density at radius 3 is 2.24 bits per heavy atom. The summed E-state index contributed by atoms with van der Waals surface area (Å²) in [7, 11) is 3.32. The van der Waals surface area contributed by atoms with Crippen molar-refractivity contribution in [3.05, 3.63) is 53.6 Å². The van der Waals surface area contributed by atoms with Crippen molar-refractivity contribution in [3.8, 4) is 11.5 Å². The van der Waals surface area contributed by atoms with Crippen molar-refractivity contribution in [3.63, 3.8) is 0 Å². The zero-order valence-corrected chi connectivity index (χ0v) is 34.3. The molecule has 7 atom stereocenters. The number of hydrogen-bond donors (Lipinski definition) is 5.